The molecule has 3 rings (SSSR count). The topological polar surface area (TPSA) is 44.9 Å². The number of hydrogen-bond acceptors (Lipinski definition) is 1. The van der Waals surface area contributed by atoms with Crippen LogP contribution >= 0.6 is 0 Å². The van der Waals surface area contributed by atoms with Gasteiger partial charge < -0.3 is 10.3 Å². The lowest BCUT2D eigenvalue weighted by Crippen LogP contribution is -2.04. The van der Waals surface area contributed by atoms with E-state index < -0.39 is 11.7 Å². The summed E-state index contributed by atoms with van der Waals surface area (Å²) < 4.78 is 37.6. The molecule has 1 amide bonds. The van der Waals surface area contributed by atoms with E-state index in [4.69, 9.17) is 0 Å². The smallest absolute Gasteiger partial charge is 0.359 e. The minimum absolute atomic E-state index is 0.179. The fourth-order valence-corrected chi connectivity index (χ4v) is 2.38. The number of carbonyl (C=O) groups is 1. The van der Waals surface area contributed by atoms with Crippen molar-refractivity contribution in [2.45, 2.75) is 13.1 Å². The number of anilines is 1. The molecule has 0 aliphatic carbocycles. The molecule has 6 heteroatoms. The molecular weight excluding hydrogens is 329 g/mol. The lowest BCUT2D eigenvalue weighted by molar-refractivity contribution is -0.137. The second-order valence-corrected chi connectivity index (χ2v) is 5.47. The molecule has 0 spiro atoms. The van der Waals surface area contributed by atoms with E-state index in [1.54, 1.807) is 12.3 Å². The van der Waals surface area contributed by atoms with Gasteiger partial charge in [-0.05, 0) is 42.5 Å². The van der Waals surface area contributed by atoms with Crippen molar-refractivity contribution >= 4 is 22.5 Å². The zero-order valence-corrected chi connectivity index (χ0v) is 13.2. The van der Waals surface area contributed by atoms with Gasteiger partial charge in [0.15, 0.2) is 0 Å². The summed E-state index contributed by atoms with van der Waals surface area (Å²) in [6.45, 7) is 1.42. The summed E-state index contributed by atoms with van der Waals surface area (Å²) in [5, 5.41) is 3.54. The number of alkyl halides is 3. The second kappa shape index (κ2) is 6.36. The van der Waals surface area contributed by atoms with Gasteiger partial charge in [-0.3, -0.25) is 4.79 Å². The zero-order valence-electron chi connectivity index (χ0n) is 13.2. The van der Waals surface area contributed by atoms with Crippen molar-refractivity contribution in [2.75, 3.05) is 5.32 Å². The summed E-state index contributed by atoms with van der Waals surface area (Å²) in [6, 6.07) is 10.1. The van der Waals surface area contributed by atoms with Crippen LogP contribution in [0.15, 0.2) is 48.7 Å². The van der Waals surface area contributed by atoms with E-state index in [1.165, 1.54) is 19.1 Å². The van der Waals surface area contributed by atoms with Gasteiger partial charge in [0.05, 0.1) is 11.3 Å². The Balaban J connectivity index is 1.88. The third kappa shape index (κ3) is 3.83. The number of aromatic amines is 1. The fourth-order valence-electron chi connectivity index (χ4n) is 2.38. The number of nitrogens with one attached hydrogen (secondary N) is 2. The van der Waals surface area contributed by atoms with Crippen LogP contribution in [0.2, 0.25) is 0 Å². The maximum atomic E-state index is 12.5. The van der Waals surface area contributed by atoms with Crippen LogP contribution in [0.25, 0.3) is 10.9 Å². The highest BCUT2D eigenvalue weighted by Crippen LogP contribution is 2.29. The number of halogens is 3. The molecule has 0 bridgehead atoms. The maximum absolute atomic E-state index is 12.5. The van der Waals surface area contributed by atoms with Crippen molar-refractivity contribution in [1.29, 1.82) is 0 Å². The molecule has 0 aliphatic rings. The molecule has 3 nitrogen and oxygen atoms in total. The lowest BCUT2D eigenvalue weighted by atomic mass is 10.1. The van der Waals surface area contributed by atoms with Gasteiger partial charge in [0, 0.05) is 35.2 Å². The Morgan fingerprint density at radius 3 is 2.32 bits per heavy atom. The lowest BCUT2D eigenvalue weighted by Gasteiger charge is -2.05. The number of H-pyrrole nitrogens is 1. The quantitative estimate of drug-likeness (QED) is 0.626. The van der Waals surface area contributed by atoms with Crippen LogP contribution in [-0.4, -0.2) is 10.9 Å². The minimum atomic E-state index is -4.36. The second-order valence-electron chi connectivity index (χ2n) is 5.47. The van der Waals surface area contributed by atoms with Crippen LogP contribution < -0.4 is 5.32 Å². The maximum Gasteiger partial charge on any atom is 0.416 e. The molecule has 2 aromatic carbocycles. The molecule has 2 N–H and O–H groups in total. The molecule has 0 saturated carbocycles. The molecule has 1 aromatic heterocycles. The highest BCUT2D eigenvalue weighted by atomic mass is 19.4. The average Bonchev–Trinajstić information content (AvgIpc) is 2.94. The number of amides is 1. The largest absolute Gasteiger partial charge is 0.416 e. The van der Waals surface area contributed by atoms with Crippen molar-refractivity contribution in [1.82, 2.24) is 4.98 Å². The Morgan fingerprint density at radius 1 is 1.04 bits per heavy atom. The first-order valence-electron chi connectivity index (χ1n) is 7.41. The van der Waals surface area contributed by atoms with Gasteiger partial charge >= 0.3 is 6.18 Å². The highest BCUT2D eigenvalue weighted by Gasteiger charge is 2.29. The van der Waals surface area contributed by atoms with Crippen LogP contribution in [0, 0.1) is 11.8 Å². The van der Waals surface area contributed by atoms with Crippen LogP contribution in [0.3, 0.4) is 0 Å². The molecule has 0 fully saturated rings. The summed E-state index contributed by atoms with van der Waals surface area (Å²) in [5.41, 5.74) is 1.99. The summed E-state index contributed by atoms with van der Waals surface area (Å²) in [5.74, 6) is 5.59. The molecular formula is C19H13F3N2O. The van der Waals surface area contributed by atoms with E-state index in [1.807, 2.05) is 12.1 Å². The first-order valence-corrected chi connectivity index (χ1v) is 7.41. The van der Waals surface area contributed by atoms with Crippen molar-refractivity contribution in [3.8, 4) is 11.8 Å². The Labute approximate surface area is 141 Å². The molecule has 126 valence electrons. The average molecular weight is 342 g/mol. The molecule has 0 aliphatic heterocycles. The van der Waals surface area contributed by atoms with Gasteiger partial charge in [-0.1, -0.05) is 11.8 Å². The van der Waals surface area contributed by atoms with Gasteiger partial charge in [-0.15, -0.1) is 0 Å². The van der Waals surface area contributed by atoms with Crippen molar-refractivity contribution < 1.29 is 18.0 Å². The predicted molar refractivity (Wildman–Crippen MR) is 90.0 cm³/mol. The Kier molecular flexibility index (Phi) is 4.24. The number of fused-ring (bicyclic) bond motifs is 1. The fraction of sp³-hybridized carbons (Fsp3) is 0.105. The van der Waals surface area contributed by atoms with E-state index in [0.717, 1.165) is 23.0 Å². The SMILES string of the molecule is CC(=O)Nc1c[nH]c2ccc(C#Cc3ccc(C(F)(F)F)cc3)cc12. The van der Waals surface area contributed by atoms with Gasteiger partial charge in [-0.25, -0.2) is 0 Å². The number of rotatable bonds is 1. The molecule has 0 saturated heterocycles. The Morgan fingerprint density at radius 2 is 1.68 bits per heavy atom. The first-order chi connectivity index (χ1) is 11.8. The first kappa shape index (κ1) is 16.7. The molecule has 25 heavy (non-hydrogen) atoms. The summed E-state index contributed by atoms with van der Waals surface area (Å²) in [4.78, 5) is 14.3. The van der Waals surface area contributed by atoms with Gasteiger partial charge in [-0.2, -0.15) is 13.2 Å². The van der Waals surface area contributed by atoms with Gasteiger partial charge in [0.25, 0.3) is 0 Å². The summed E-state index contributed by atoms with van der Waals surface area (Å²) >= 11 is 0. The standard InChI is InChI=1S/C19H13F3N2O/c1-12(25)24-18-11-23-17-9-6-14(10-16(17)18)3-2-13-4-7-15(8-5-13)19(20,21)22/h4-11,23H,1H3,(H,24,25). The molecule has 0 radical (unpaired) electrons. The van der Waals surface area contributed by atoms with Crippen LogP contribution in [-0.2, 0) is 11.0 Å². The Bertz CT molecular complexity index is 989. The van der Waals surface area contributed by atoms with E-state index >= 15 is 0 Å². The number of benzene rings is 2. The summed E-state index contributed by atoms with van der Waals surface area (Å²) in [7, 11) is 0. The van der Waals surface area contributed by atoms with E-state index in [-0.39, 0.29) is 5.91 Å². The van der Waals surface area contributed by atoms with Crippen molar-refractivity contribution in [3.63, 3.8) is 0 Å². The van der Waals surface area contributed by atoms with Crippen molar-refractivity contribution in [2.24, 2.45) is 0 Å². The minimum Gasteiger partial charge on any atom is -0.359 e. The van der Waals surface area contributed by atoms with Crippen molar-refractivity contribution in [3.05, 3.63) is 65.4 Å². The molecule has 1 heterocycles. The van der Waals surface area contributed by atoms with Crippen LogP contribution in [0.5, 0.6) is 0 Å². The summed E-state index contributed by atoms with van der Waals surface area (Å²) in [6.07, 6.45) is -2.66. The molecule has 0 unspecified atom stereocenters. The number of aromatic nitrogens is 1. The van der Waals surface area contributed by atoms with E-state index in [2.05, 4.69) is 22.1 Å². The van der Waals surface area contributed by atoms with Crippen LogP contribution in [0.1, 0.15) is 23.6 Å². The third-order valence-corrected chi connectivity index (χ3v) is 3.56. The Hall–Kier alpha value is -3.20. The molecule has 3 aromatic rings. The normalized spacial score (nSPS) is 11.0. The van der Waals surface area contributed by atoms with Crippen LogP contribution in [0.4, 0.5) is 18.9 Å². The van der Waals surface area contributed by atoms with E-state index in [0.29, 0.717) is 16.8 Å². The molecule has 0 atom stereocenters. The van der Waals surface area contributed by atoms with Gasteiger partial charge in [0.1, 0.15) is 0 Å². The number of carbonyl (C=O) groups excluding carboxylic acids is 1. The van der Waals surface area contributed by atoms with E-state index in [9.17, 15) is 18.0 Å². The van der Waals surface area contributed by atoms with Gasteiger partial charge in [0.2, 0.25) is 5.91 Å². The predicted octanol–water partition coefficient (Wildman–Crippen LogP) is 4.54. The number of hydrogen-bond donors (Lipinski definition) is 2. The highest BCUT2D eigenvalue weighted by molar-refractivity contribution is 6.01. The third-order valence-electron chi connectivity index (χ3n) is 3.56. The zero-order chi connectivity index (χ0) is 18.0. The monoisotopic (exact) mass is 342 g/mol.